The minimum absolute atomic E-state index is 0.201. The summed E-state index contributed by atoms with van der Waals surface area (Å²) < 4.78 is 23.7. The number of esters is 1. The maximum atomic E-state index is 13.0. The van der Waals surface area contributed by atoms with Gasteiger partial charge in [-0.25, -0.2) is 9.18 Å². The maximum Gasteiger partial charge on any atom is 0.340 e. The number of aromatic nitrogens is 3. The van der Waals surface area contributed by atoms with Crippen molar-refractivity contribution in [1.82, 2.24) is 15.2 Å². The van der Waals surface area contributed by atoms with Gasteiger partial charge in [-0.15, -0.1) is 10.2 Å². The van der Waals surface area contributed by atoms with Crippen LogP contribution in [0, 0.1) is 19.7 Å². The third-order valence-electron chi connectivity index (χ3n) is 4.31. The van der Waals surface area contributed by atoms with Gasteiger partial charge in [0.15, 0.2) is 5.78 Å². The van der Waals surface area contributed by atoms with Crippen LogP contribution in [0.25, 0.3) is 11.5 Å². The number of H-pyrrole nitrogens is 1. The summed E-state index contributed by atoms with van der Waals surface area (Å²) in [6.07, 6.45) is 0. The number of ketones is 1. The normalized spacial score (nSPS) is 12.0. The SMILES string of the molecule is CCOC(=O)c1c(C)[nH]c(C(=O)C(C)Sc2nnc(-c3ccc(F)cc3)o2)c1C. The molecule has 1 aromatic carbocycles. The molecule has 0 spiro atoms. The summed E-state index contributed by atoms with van der Waals surface area (Å²) in [5.74, 6) is -0.781. The number of thioether (sulfide) groups is 1. The van der Waals surface area contributed by atoms with Crippen LogP contribution < -0.4 is 0 Å². The molecule has 3 rings (SSSR count). The van der Waals surface area contributed by atoms with Crippen LogP contribution in [0.15, 0.2) is 33.9 Å². The predicted molar refractivity (Wildman–Crippen MR) is 106 cm³/mol. The number of nitrogens with one attached hydrogen (secondary N) is 1. The lowest BCUT2D eigenvalue weighted by Crippen LogP contribution is -2.15. The van der Waals surface area contributed by atoms with Crippen molar-refractivity contribution in [2.24, 2.45) is 0 Å². The molecular weight excluding hydrogens is 397 g/mol. The van der Waals surface area contributed by atoms with Gasteiger partial charge in [-0.05, 0) is 57.5 Å². The highest BCUT2D eigenvalue weighted by molar-refractivity contribution is 8.00. The van der Waals surface area contributed by atoms with Crippen LogP contribution in [-0.4, -0.2) is 38.8 Å². The molecule has 1 unspecified atom stereocenters. The van der Waals surface area contributed by atoms with Gasteiger partial charge < -0.3 is 14.1 Å². The molecule has 1 N–H and O–H groups in total. The molecule has 7 nitrogen and oxygen atoms in total. The number of nitrogens with zero attached hydrogens (tertiary/aromatic N) is 2. The molecule has 2 aromatic heterocycles. The lowest BCUT2D eigenvalue weighted by Gasteiger charge is -2.07. The van der Waals surface area contributed by atoms with Gasteiger partial charge in [-0.1, -0.05) is 11.8 Å². The molecule has 0 fully saturated rings. The number of carbonyl (C=O) groups is 2. The van der Waals surface area contributed by atoms with Crippen molar-refractivity contribution in [3.8, 4) is 11.5 Å². The molecule has 2 heterocycles. The largest absolute Gasteiger partial charge is 0.462 e. The highest BCUT2D eigenvalue weighted by Gasteiger charge is 2.27. The van der Waals surface area contributed by atoms with Crippen LogP contribution in [0.3, 0.4) is 0 Å². The molecule has 0 aliphatic rings. The van der Waals surface area contributed by atoms with E-state index in [2.05, 4.69) is 15.2 Å². The molecular formula is C20H20FN3O4S. The maximum absolute atomic E-state index is 13.0. The second-order valence-electron chi connectivity index (χ2n) is 6.35. The van der Waals surface area contributed by atoms with Crippen molar-refractivity contribution >= 4 is 23.5 Å². The summed E-state index contributed by atoms with van der Waals surface area (Å²) in [5.41, 5.74) is 2.45. The van der Waals surface area contributed by atoms with Crippen molar-refractivity contribution in [3.63, 3.8) is 0 Å². The van der Waals surface area contributed by atoms with Crippen molar-refractivity contribution in [3.05, 3.63) is 52.6 Å². The molecule has 0 aliphatic heterocycles. The Labute approximate surface area is 171 Å². The molecule has 0 radical (unpaired) electrons. The van der Waals surface area contributed by atoms with E-state index in [1.54, 1.807) is 27.7 Å². The highest BCUT2D eigenvalue weighted by Crippen LogP contribution is 2.29. The van der Waals surface area contributed by atoms with Crippen LogP contribution in [-0.2, 0) is 4.74 Å². The third kappa shape index (κ3) is 4.40. The molecule has 0 saturated carbocycles. The summed E-state index contributed by atoms with van der Waals surface area (Å²) in [6.45, 7) is 7.13. The first-order chi connectivity index (χ1) is 13.8. The van der Waals surface area contributed by atoms with Crippen LogP contribution in [0.5, 0.6) is 0 Å². The van der Waals surface area contributed by atoms with Crippen molar-refractivity contribution in [1.29, 1.82) is 0 Å². The Kier molecular flexibility index (Phi) is 6.17. The molecule has 9 heteroatoms. The van der Waals surface area contributed by atoms with E-state index in [9.17, 15) is 14.0 Å². The number of benzene rings is 1. The molecule has 0 aliphatic carbocycles. The van der Waals surface area contributed by atoms with Crippen molar-refractivity contribution < 1.29 is 23.1 Å². The predicted octanol–water partition coefficient (Wildman–Crippen LogP) is 4.36. The minimum Gasteiger partial charge on any atom is -0.462 e. The summed E-state index contributed by atoms with van der Waals surface area (Å²) >= 11 is 1.11. The van der Waals surface area contributed by atoms with Crippen molar-refractivity contribution in [2.75, 3.05) is 6.61 Å². The molecule has 1 atom stereocenters. The molecule has 29 heavy (non-hydrogen) atoms. The Balaban J connectivity index is 1.75. The number of aromatic amines is 1. The third-order valence-corrected chi connectivity index (χ3v) is 5.24. The van der Waals surface area contributed by atoms with E-state index in [-0.39, 0.29) is 29.3 Å². The average molecular weight is 417 g/mol. The Morgan fingerprint density at radius 1 is 1.24 bits per heavy atom. The molecule has 0 saturated heterocycles. The second kappa shape index (κ2) is 8.60. The van der Waals surface area contributed by atoms with E-state index >= 15 is 0 Å². The van der Waals surface area contributed by atoms with Gasteiger partial charge in [0.2, 0.25) is 5.89 Å². The van der Waals surface area contributed by atoms with E-state index in [4.69, 9.17) is 9.15 Å². The zero-order valence-electron chi connectivity index (χ0n) is 16.4. The first-order valence-corrected chi connectivity index (χ1v) is 9.86. The fraction of sp³-hybridized carbons (Fsp3) is 0.300. The highest BCUT2D eigenvalue weighted by atomic mass is 32.2. The number of carbonyl (C=O) groups excluding carboxylic acids is 2. The first kappa shape index (κ1) is 20.8. The van der Waals surface area contributed by atoms with Gasteiger partial charge in [0, 0.05) is 11.3 Å². The van der Waals surface area contributed by atoms with E-state index in [0.717, 1.165) is 11.8 Å². The van der Waals surface area contributed by atoms with Gasteiger partial charge in [-0.3, -0.25) is 4.79 Å². The summed E-state index contributed by atoms with van der Waals surface area (Å²) in [6, 6.07) is 5.67. The summed E-state index contributed by atoms with van der Waals surface area (Å²) in [7, 11) is 0. The Morgan fingerprint density at radius 2 is 1.93 bits per heavy atom. The van der Waals surface area contributed by atoms with Crippen LogP contribution in [0.4, 0.5) is 4.39 Å². The molecule has 0 bridgehead atoms. The number of rotatable bonds is 7. The van der Waals surface area contributed by atoms with Gasteiger partial charge in [0.05, 0.1) is 23.1 Å². The molecule has 3 aromatic rings. The Bertz CT molecular complexity index is 1040. The lowest BCUT2D eigenvalue weighted by molar-refractivity contribution is 0.0525. The van der Waals surface area contributed by atoms with Gasteiger partial charge in [0.25, 0.3) is 5.22 Å². The van der Waals surface area contributed by atoms with Crippen LogP contribution >= 0.6 is 11.8 Å². The number of ether oxygens (including phenoxy) is 1. The van der Waals surface area contributed by atoms with Crippen LogP contribution in [0.1, 0.15) is 46.0 Å². The Morgan fingerprint density at radius 3 is 2.59 bits per heavy atom. The number of hydrogen-bond acceptors (Lipinski definition) is 7. The average Bonchev–Trinajstić information content (AvgIpc) is 3.26. The van der Waals surface area contributed by atoms with Crippen LogP contribution in [0.2, 0.25) is 0 Å². The Hall–Kier alpha value is -2.94. The first-order valence-electron chi connectivity index (χ1n) is 8.98. The monoisotopic (exact) mass is 417 g/mol. The van der Waals surface area contributed by atoms with Crippen molar-refractivity contribution in [2.45, 2.75) is 38.2 Å². The summed E-state index contributed by atoms with van der Waals surface area (Å²) in [5, 5.41) is 7.57. The van der Waals surface area contributed by atoms with Gasteiger partial charge in [0.1, 0.15) is 5.82 Å². The second-order valence-corrected chi connectivity index (χ2v) is 7.64. The fourth-order valence-electron chi connectivity index (χ4n) is 2.88. The fourth-order valence-corrected chi connectivity index (χ4v) is 3.62. The zero-order chi connectivity index (χ0) is 21.1. The van der Waals surface area contributed by atoms with E-state index in [1.165, 1.54) is 24.3 Å². The van der Waals surface area contributed by atoms with E-state index < -0.39 is 11.2 Å². The molecule has 0 amide bonds. The number of Topliss-reactive ketones (excluding diaryl/α,β-unsaturated/α-hetero) is 1. The number of hydrogen-bond donors (Lipinski definition) is 1. The number of halogens is 1. The summed E-state index contributed by atoms with van der Waals surface area (Å²) in [4.78, 5) is 28.0. The smallest absolute Gasteiger partial charge is 0.340 e. The zero-order valence-corrected chi connectivity index (χ0v) is 17.2. The van der Waals surface area contributed by atoms with E-state index in [0.29, 0.717) is 28.1 Å². The number of aryl methyl sites for hydroxylation is 1. The topological polar surface area (TPSA) is 98.1 Å². The van der Waals surface area contributed by atoms with Gasteiger partial charge in [-0.2, -0.15) is 0 Å². The molecule has 152 valence electrons. The minimum atomic E-state index is -0.539. The quantitative estimate of drug-likeness (QED) is 0.346. The van der Waals surface area contributed by atoms with Gasteiger partial charge >= 0.3 is 5.97 Å². The lowest BCUT2D eigenvalue weighted by atomic mass is 10.1. The standard InChI is InChI=1S/C20H20FN3O4S/c1-5-27-19(26)15-10(2)16(22-11(15)3)17(25)12(4)29-20-24-23-18(28-20)13-6-8-14(21)9-7-13/h6-9,12,22H,5H2,1-4H3. The van der Waals surface area contributed by atoms with E-state index in [1.807, 2.05) is 0 Å².